The summed E-state index contributed by atoms with van der Waals surface area (Å²) in [5.41, 5.74) is 2.88. The van der Waals surface area contributed by atoms with Crippen molar-refractivity contribution >= 4 is 23.6 Å². The Labute approximate surface area is 170 Å². The van der Waals surface area contributed by atoms with Gasteiger partial charge in [-0.2, -0.15) is 0 Å². The van der Waals surface area contributed by atoms with Gasteiger partial charge in [-0.3, -0.25) is 9.59 Å². The average Bonchev–Trinajstić information content (AvgIpc) is 3.12. The highest BCUT2D eigenvalue weighted by atomic mass is 32.2. The predicted molar refractivity (Wildman–Crippen MR) is 113 cm³/mol. The molecule has 0 unspecified atom stereocenters. The van der Waals surface area contributed by atoms with Crippen LogP contribution >= 0.6 is 11.8 Å². The van der Waals surface area contributed by atoms with Crippen LogP contribution in [0.2, 0.25) is 0 Å². The Kier molecular flexibility index (Phi) is 5.44. The number of amides is 2. The average molecular weight is 395 g/mol. The van der Waals surface area contributed by atoms with E-state index in [1.807, 2.05) is 78.2 Å². The van der Waals surface area contributed by atoms with E-state index >= 15 is 0 Å². The molecule has 2 aromatic rings. The van der Waals surface area contributed by atoms with Crippen molar-refractivity contribution in [2.45, 2.75) is 31.1 Å². The first-order chi connectivity index (χ1) is 13.6. The van der Waals surface area contributed by atoms with E-state index in [9.17, 15) is 9.59 Å². The number of rotatable bonds is 3. The Bertz CT molecular complexity index is 860. The SMILES string of the molecule is Cc1ccccc1C(=O)N1CCSC12CCN(C(=O)Cc1ccccc1)CC2. The fourth-order valence-electron chi connectivity index (χ4n) is 4.26. The first kappa shape index (κ1) is 19.1. The highest BCUT2D eigenvalue weighted by molar-refractivity contribution is 8.00. The molecule has 2 aromatic carbocycles. The van der Waals surface area contributed by atoms with Crippen LogP contribution in [0.25, 0.3) is 0 Å². The first-order valence-corrected chi connectivity index (χ1v) is 10.9. The van der Waals surface area contributed by atoms with Gasteiger partial charge in [0.1, 0.15) is 0 Å². The van der Waals surface area contributed by atoms with E-state index in [0.29, 0.717) is 6.42 Å². The minimum atomic E-state index is -0.164. The van der Waals surface area contributed by atoms with Gasteiger partial charge in [0, 0.05) is 31.0 Å². The number of thioether (sulfide) groups is 1. The molecule has 5 heteroatoms. The van der Waals surface area contributed by atoms with E-state index in [1.165, 1.54) is 0 Å². The van der Waals surface area contributed by atoms with Gasteiger partial charge < -0.3 is 9.80 Å². The predicted octanol–water partition coefficient (Wildman–Crippen LogP) is 3.75. The molecule has 2 saturated heterocycles. The van der Waals surface area contributed by atoms with E-state index in [1.54, 1.807) is 0 Å². The Morgan fingerprint density at radius 2 is 1.64 bits per heavy atom. The van der Waals surface area contributed by atoms with Gasteiger partial charge in [0.25, 0.3) is 5.91 Å². The lowest BCUT2D eigenvalue weighted by atomic mass is 9.99. The van der Waals surface area contributed by atoms with Crippen molar-refractivity contribution < 1.29 is 9.59 Å². The molecule has 2 amide bonds. The molecule has 2 heterocycles. The quantitative estimate of drug-likeness (QED) is 0.796. The number of carbonyl (C=O) groups excluding carboxylic acids is 2. The molecule has 4 nitrogen and oxygen atoms in total. The van der Waals surface area contributed by atoms with Crippen LogP contribution in [-0.4, -0.2) is 51.9 Å². The zero-order chi connectivity index (χ0) is 19.6. The molecule has 0 aliphatic carbocycles. The number of hydrogen-bond acceptors (Lipinski definition) is 3. The lowest BCUT2D eigenvalue weighted by molar-refractivity contribution is -0.132. The molecule has 1 spiro atoms. The number of nitrogens with zero attached hydrogens (tertiary/aromatic N) is 2. The van der Waals surface area contributed by atoms with Gasteiger partial charge >= 0.3 is 0 Å². The lowest BCUT2D eigenvalue weighted by Crippen LogP contribution is -2.53. The molecule has 0 saturated carbocycles. The van der Waals surface area contributed by atoms with Gasteiger partial charge in [-0.25, -0.2) is 0 Å². The Hall–Kier alpha value is -2.27. The minimum absolute atomic E-state index is 0.132. The summed E-state index contributed by atoms with van der Waals surface area (Å²) >= 11 is 1.89. The molecule has 0 N–H and O–H groups in total. The number of benzene rings is 2. The zero-order valence-electron chi connectivity index (χ0n) is 16.3. The number of hydrogen-bond donors (Lipinski definition) is 0. The van der Waals surface area contributed by atoms with Crippen LogP contribution in [0.3, 0.4) is 0 Å². The molecule has 0 atom stereocenters. The fourth-order valence-corrected chi connectivity index (χ4v) is 5.71. The highest BCUT2D eigenvalue weighted by Gasteiger charge is 2.47. The van der Waals surface area contributed by atoms with Crippen LogP contribution in [0.1, 0.15) is 34.3 Å². The van der Waals surface area contributed by atoms with Crippen LogP contribution < -0.4 is 0 Å². The van der Waals surface area contributed by atoms with Crippen molar-refractivity contribution in [1.82, 2.24) is 9.80 Å². The Morgan fingerprint density at radius 1 is 0.964 bits per heavy atom. The van der Waals surface area contributed by atoms with Crippen molar-refractivity contribution in [3.8, 4) is 0 Å². The summed E-state index contributed by atoms with van der Waals surface area (Å²) < 4.78 is 0. The number of carbonyl (C=O) groups is 2. The monoisotopic (exact) mass is 394 g/mol. The summed E-state index contributed by atoms with van der Waals surface area (Å²) in [7, 11) is 0. The maximum atomic E-state index is 13.2. The summed E-state index contributed by atoms with van der Waals surface area (Å²) in [5, 5.41) is 0. The van der Waals surface area contributed by atoms with Crippen LogP contribution in [-0.2, 0) is 11.2 Å². The topological polar surface area (TPSA) is 40.6 Å². The summed E-state index contributed by atoms with van der Waals surface area (Å²) in [5.74, 6) is 1.28. The van der Waals surface area contributed by atoms with E-state index in [-0.39, 0.29) is 16.7 Å². The van der Waals surface area contributed by atoms with Crippen molar-refractivity contribution in [1.29, 1.82) is 0 Å². The van der Waals surface area contributed by atoms with Gasteiger partial charge in [0.05, 0.1) is 11.3 Å². The highest BCUT2D eigenvalue weighted by Crippen LogP contribution is 2.44. The summed E-state index contributed by atoms with van der Waals surface area (Å²) in [6, 6.07) is 17.7. The molecule has 0 aromatic heterocycles. The van der Waals surface area contributed by atoms with E-state index in [0.717, 1.165) is 54.9 Å². The molecule has 146 valence electrons. The van der Waals surface area contributed by atoms with Gasteiger partial charge in [-0.05, 0) is 37.0 Å². The van der Waals surface area contributed by atoms with Crippen LogP contribution in [0.5, 0.6) is 0 Å². The molecule has 0 radical (unpaired) electrons. The third-order valence-electron chi connectivity index (χ3n) is 5.89. The first-order valence-electron chi connectivity index (χ1n) is 9.92. The molecule has 2 aliphatic heterocycles. The van der Waals surface area contributed by atoms with Crippen molar-refractivity contribution in [3.05, 3.63) is 71.3 Å². The van der Waals surface area contributed by atoms with Gasteiger partial charge in [-0.15, -0.1) is 11.8 Å². The Morgan fingerprint density at radius 3 is 2.36 bits per heavy atom. The number of aryl methyl sites for hydroxylation is 1. The van der Waals surface area contributed by atoms with Gasteiger partial charge in [0.2, 0.25) is 5.91 Å². The molecular weight excluding hydrogens is 368 g/mol. The second kappa shape index (κ2) is 8.00. The smallest absolute Gasteiger partial charge is 0.255 e. The maximum Gasteiger partial charge on any atom is 0.255 e. The summed E-state index contributed by atoms with van der Waals surface area (Å²) in [6.45, 7) is 4.22. The molecule has 28 heavy (non-hydrogen) atoms. The standard InChI is InChI=1S/C23H26N2O2S/c1-18-7-5-6-10-20(18)22(27)25-15-16-28-23(25)11-13-24(14-12-23)21(26)17-19-8-3-2-4-9-19/h2-10H,11-17H2,1H3. The third kappa shape index (κ3) is 3.68. The molecule has 0 bridgehead atoms. The fraction of sp³-hybridized carbons (Fsp3) is 0.391. The largest absolute Gasteiger partial charge is 0.342 e. The maximum absolute atomic E-state index is 13.2. The zero-order valence-corrected chi connectivity index (χ0v) is 17.1. The normalized spacial score (nSPS) is 18.5. The number of piperidine rings is 1. The lowest BCUT2D eigenvalue weighted by Gasteiger charge is -2.44. The van der Waals surface area contributed by atoms with E-state index in [2.05, 4.69) is 4.90 Å². The number of likely N-dealkylation sites (tertiary alicyclic amines) is 1. The van der Waals surface area contributed by atoms with Crippen molar-refractivity contribution in [2.75, 3.05) is 25.4 Å². The van der Waals surface area contributed by atoms with Crippen molar-refractivity contribution in [2.24, 2.45) is 0 Å². The van der Waals surface area contributed by atoms with Crippen LogP contribution in [0.15, 0.2) is 54.6 Å². The summed E-state index contributed by atoms with van der Waals surface area (Å²) in [6.07, 6.45) is 2.14. The van der Waals surface area contributed by atoms with E-state index < -0.39 is 0 Å². The molecule has 2 fully saturated rings. The Balaban J connectivity index is 1.43. The van der Waals surface area contributed by atoms with Gasteiger partial charge in [-0.1, -0.05) is 48.5 Å². The molecular formula is C23H26N2O2S. The van der Waals surface area contributed by atoms with Crippen molar-refractivity contribution in [3.63, 3.8) is 0 Å². The van der Waals surface area contributed by atoms with E-state index in [4.69, 9.17) is 0 Å². The van der Waals surface area contributed by atoms with Gasteiger partial charge in [0.15, 0.2) is 0 Å². The minimum Gasteiger partial charge on any atom is -0.342 e. The second-order valence-electron chi connectivity index (χ2n) is 7.61. The summed E-state index contributed by atoms with van der Waals surface area (Å²) in [4.78, 5) is 29.8. The molecule has 4 rings (SSSR count). The third-order valence-corrected chi connectivity index (χ3v) is 7.45. The van der Waals surface area contributed by atoms with Crippen LogP contribution in [0, 0.1) is 6.92 Å². The second-order valence-corrected chi connectivity index (χ2v) is 9.07. The molecule has 2 aliphatic rings. The van der Waals surface area contributed by atoms with Crippen LogP contribution in [0.4, 0.5) is 0 Å².